The second-order valence-corrected chi connectivity index (χ2v) is 6.38. The Labute approximate surface area is 135 Å². The SMILES string of the molecule is O=C(NCC1CCCN(C(=O)c2c[nH]c(=O)[nH]2)C1)c1cncs1. The quantitative estimate of drug-likeness (QED) is 0.753. The number of aromatic nitrogens is 3. The summed E-state index contributed by atoms with van der Waals surface area (Å²) >= 11 is 1.30. The van der Waals surface area contributed by atoms with Gasteiger partial charge >= 0.3 is 5.69 Å². The van der Waals surface area contributed by atoms with Gasteiger partial charge in [0.05, 0.1) is 11.7 Å². The molecule has 1 aliphatic heterocycles. The lowest BCUT2D eigenvalue weighted by Gasteiger charge is -2.32. The van der Waals surface area contributed by atoms with Crippen LogP contribution in [0.3, 0.4) is 0 Å². The van der Waals surface area contributed by atoms with Crippen molar-refractivity contribution in [1.29, 1.82) is 0 Å². The molecule has 2 amide bonds. The summed E-state index contributed by atoms with van der Waals surface area (Å²) in [7, 11) is 0. The number of carbonyl (C=O) groups excluding carboxylic acids is 2. The van der Waals surface area contributed by atoms with E-state index in [1.165, 1.54) is 17.5 Å². The summed E-state index contributed by atoms with van der Waals surface area (Å²) in [5.74, 6) is -0.122. The average molecular weight is 335 g/mol. The Morgan fingerprint density at radius 1 is 1.48 bits per heavy atom. The molecule has 0 spiro atoms. The van der Waals surface area contributed by atoms with Gasteiger partial charge in [-0.05, 0) is 18.8 Å². The smallest absolute Gasteiger partial charge is 0.323 e. The third-order valence-electron chi connectivity index (χ3n) is 3.84. The molecule has 3 rings (SSSR count). The van der Waals surface area contributed by atoms with Crippen LogP contribution in [0.1, 0.15) is 33.0 Å². The normalized spacial score (nSPS) is 17.9. The maximum absolute atomic E-state index is 12.3. The molecule has 8 nitrogen and oxygen atoms in total. The van der Waals surface area contributed by atoms with Gasteiger partial charge in [0.2, 0.25) is 0 Å². The molecular formula is C14H17N5O3S. The fourth-order valence-corrected chi connectivity index (χ4v) is 3.22. The number of hydrogen-bond donors (Lipinski definition) is 3. The number of imidazole rings is 1. The van der Waals surface area contributed by atoms with Crippen molar-refractivity contribution >= 4 is 23.2 Å². The van der Waals surface area contributed by atoms with Gasteiger partial charge in [0.15, 0.2) is 0 Å². The molecule has 9 heteroatoms. The van der Waals surface area contributed by atoms with Crippen molar-refractivity contribution in [3.63, 3.8) is 0 Å². The van der Waals surface area contributed by atoms with Crippen LogP contribution in [-0.4, -0.2) is 51.3 Å². The second-order valence-electron chi connectivity index (χ2n) is 5.49. The van der Waals surface area contributed by atoms with Crippen molar-refractivity contribution in [1.82, 2.24) is 25.2 Å². The molecule has 0 bridgehead atoms. The summed E-state index contributed by atoms with van der Waals surface area (Å²) in [6, 6.07) is 0. The van der Waals surface area contributed by atoms with E-state index in [1.807, 2.05) is 0 Å². The summed E-state index contributed by atoms with van der Waals surface area (Å²) in [4.78, 5) is 46.4. The lowest BCUT2D eigenvalue weighted by molar-refractivity contribution is 0.0665. The molecular weight excluding hydrogens is 318 g/mol. The molecule has 0 aliphatic carbocycles. The second kappa shape index (κ2) is 6.78. The van der Waals surface area contributed by atoms with Crippen molar-refractivity contribution in [3.05, 3.63) is 39.0 Å². The summed E-state index contributed by atoms with van der Waals surface area (Å²) < 4.78 is 0. The molecule has 0 saturated carbocycles. The molecule has 3 N–H and O–H groups in total. The number of carbonyl (C=O) groups is 2. The van der Waals surface area contributed by atoms with Crippen molar-refractivity contribution < 1.29 is 9.59 Å². The van der Waals surface area contributed by atoms with Crippen LogP contribution >= 0.6 is 11.3 Å². The van der Waals surface area contributed by atoms with Crippen LogP contribution in [0.4, 0.5) is 0 Å². The van der Waals surface area contributed by atoms with Crippen LogP contribution in [0.25, 0.3) is 0 Å². The van der Waals surface area contributed by atoms with Gasteiger partial charge in [-0.15, -0.1) is 11.3 Å². The number of rotatable bonds is 4. The zero-order valence-corrected chi connectivity index (χ0v) is 13.2. The van der Waals surface area contributed by atoms with E-state index in [1.54, 1.807) is 16.6 Å². The first kappa shape index (κ1) is 15.5. The molecule has 2 aromatic rings. The van der Waals surface area contributed by atoms with Gasteiger partial charge < -0.3 is 20.2 Å². The minimum atomic E-state index is -0.390. The van der Waals surface area contributed by atoms with Gasteiger partial charge in [-0.3, -0.25) is 14.6 Å². The number of nitrogens with one attached hydrogen (secondary N) is 3. The predicted octanol–water partition coefficient (Wildman–Crippen LogP) is 0.442. The van der Waals surface area contributed by atoms with Gasteiger partial charge in [0.25, 0.3) is 11.8 Å². The molecule has 1 saturated heterocycles. The fraction of sp³-hybridized carbons (Fsp3) is 0.429. The molecule has 0 radical (unpaired) electrons. The van der Waals surface area contributed by atoms with Crippen molar-refractivity contribution in [2.75, 3.05) is 19.6 Å². The third-order valence-corrected chi connectivity index (χ3v) is 4.61. The zero-order chi connectivity index (χ0) is 16.2. The molecule has 1 aliphatic rings. The van der Waals surface area contributed by atoms with E-state index in [-0.39, 0.29) is 23.4 Å². The number of likely N-dealkylation sites (tertiary alicyclic amines) is 1. The predicted molar refractivity (Wildman–Crippen MR) is 84.5 cm³/mol. The van der Waals surface area contributed by atoms with Gasteiger partial charge in [0, 0.05) is 25.8 Å². The number of thiazole rings is 1. The fourth-order valence-electron chi connectivity index (χ4n) is 2.69. The monoisotopic (exact) mass is 335 g/mol. The molecule has 0 aromatic carbocycles. The molecule has 1 atom stereocenters. The minimum Gasteiger partial charge on any atom is -0.351 e. The highest BCUT2D eigenvalue weighted by Crippen LogP contribution is 2.17. The first-order valence-corrected chi connectivity index (χ1v) is 8.25. The first-order valence-electron chi connectivity index (χ1n) is 7.37. The number of aromatic amines is 2. The van der Waals surface area contributed by atoms with Crippen LogP contribution < -0.4 is 11.0 Å². The Balaban J connectivity index is 1.55. The zero-order valence-electron chi connectivity index (χ0n) is 12.4. The molecule has 1 fully saturated rings. The first-order chi connectivity index (χ1) is 11.1. The largest absolute Gasteiger partial charge is 0.351 e. The Kier molecular flexibility index (Phi) is 4.56. The number of nitrogens with zero attached hydrogens (tertiary/aromatic N) is 2. The van der Waals surface area contributed by atoms with Crippen molar-refractivity contribution in [2.24, 2.45) is 5.92 Å². The van der Waals surface area contributed by atoms with Crippen LogP contribution in [0, 0.1) is 5.92 Å². The summed E-state index contributed by atoms with van der Waals surface area (Å²) in [5, 5.41) is 2.89. The topological polar surface area (TPSA) is 111 Å². The maximum Gasteiger partial charge on any atom is 0.323 e. The van der Waals surface area contributed by atoms with Crippen LogP contribution in [0.2, 0.25) is 0 Å². The van der Waals surface area contributed by atoms with Gasteiger partial charge in [-0.1, -0.05) is 0 Å². The van der Waals surface area contributed by atoms with E-state index < -0.39 is 5.69 Å². The Morgan fingerprint density at radius 2 is 2.35 bits per heavy atom. The van der Waals surface area contributed by atoms with Gasteiger partial charge in [-0.2, -0.15) is 0 Å². The lowest BCUT2D eigenvalue weighted by Crippen LogP contribution is -2.43. The number of amides is 2. The van der Waals surface area contributed by atoms with Gasteiger partial charge in [-0.25, -0.2) is 4.79 Å². The summed E-state index contributed by atoms with van der Waals surface area (Å²) in [5.41, 5.74) is 1.50. The van der Waals surface area contributed by atoms with E-state index in [4.69, 9.17) is 0 Å². The standard InChI is InChI=1S/C14H17N5O3S/c20-12(11-6-15-8-23-11)16-4-9-2-1-3-19(7-9)13(21)10-5-17-14(22)18-10/h5-6,8-9H,1-4,7H2,(H,16,20)(H2,17,18,22). The Hall–Kier alpha value is -2.42. The highest BCUT2D eigenvalue weighted by Gasteiger charge is 2.25. The summed E-state index contributed by atoms with van der Waals surface area (Å²) in [6.45, 7) is 1.74. The molecule has 23 heavy (non-hydrogen) atoms. The van der Waals surface area contributed by atoms with Crippen molar-refractivity contribution in [3.8, 4) is 0 Å². The third kappa shape index (κ3) is 3.67. The molecule has 2 aromatic heterocycles. The number of hydrogen-bond acceptors (Lipinski definition) is 5. The lowest BCUT2D eigenvalue weighted by atomic mass is 9.97. The van der Waals surface area contributed by atoms with E-state index in [0.29, 0.717) is 24.5 Å². The molecule has 1 unspecified atom stereocenters. The highest BCUT2D eigenvalue weighted by atomic mass is 32.1. The van der Waals surface area contributed by atoms with Crippen LogP contribution in [-0.2, 0) is 0 Å². The molecule has 122 valence electrons. The minimum absolute atomic E-state index is 0.133. The average Bonchev–Trinajstić information content (AvgIpc) is 3.24. The van der Waals surface area contributed by atoms with Gasteiger partial charge in [0.1, 0.15) is 10.6 Å². The van der Waals surface area contributed by atoms with Crippen LogP contribution in [0.15, 0.2) is 22.7 Å². The van der Waals surface area contributed by atoms with E-state index in [0.717, 1.165) is 12.8 Å². The van der Waals surface area contributed by atoms with Crippen molar-refractivity contribution in [2.45, 2.75) is 12.8 Å². The van der Waals surface area contributed by atoms with E-state index >= 15 is 0 Å². The Morgan fingerprint density at radius 3 is 3.04 bits per heavy atom. The van der Waals surface area contributed by atoms with E-state index in [9.17, 15) is 14.4 Å². The van der Waals surface area contributed by atoms with Crippen LogP contribution in [0.5, 0.6) is 0 Å². The highest BCUT2D eigenvalue weighted by molar-refractivity contribution is 7.11. The maximum atomic E-state index is 12.3. The van der Waals surface area contributed by atoms with E-state index in [2.05, 4.69) is 20.3 Å². The molecule has 3 heterocycles. The summed E-state index contributed by atoms with van der Waals surface area (Å²) in [6.07, 6.45) is 4.76. The number of H-pyrrole nitrogens is 2. The Bertz CT molecular complexity index is 736. The number of piperidine rings is 1.